The first-order valence-corrected chi connectivity index (χ1v) is 6.78. The van der Waals surface area contributed by atoms with Gasteiger partial charge in [0.05, 0.1) is 0 Å². The van der Waals surface area contributed by atoms with Crippen molar-refractivity contribution in [3.05, 3.63) is 60.2 Å². The molecule has 3 nitrogen and oxygen atoms in total. The van der Waals surface area contributed by atoms with Gasteiger partial charge in [-0.3, -0.25) is 4.79 Å². The monoisotopic (exact) mass is 269 g/mol. The molecule has 1 unspecified atom stereocenters. The van der Waals surface area contributed by atoms with Crippen molar-refractivity contribution < 1.29 is 9.53 Å². The molecule has 20 heavy (non-hydrogen) atoms. The van der Waals surface area contributed by atoms with E-state index in [2.05, 4.69) is 0 Å². The molecule has 0 aliphatic carbocycles. The third-order valence-electron chi connectivity index (χ3n) is 3.17. The lowest BCUT2D eigenvalue weighted by Crippen LogP contribution is -2.15. The summed E-state index contributed by atoms with van der Waals surface area (Å²) >= 11 is 0. The van der Waals surface area contributed by atoms with Gasteiger partial charge in [-0.25, -0.2) is 0 Å². The van der Waals surface area contributed by atoms with Crippen LogP contribution in [0.3, 0.4) is 0 Å². The van der Waals surface area contributed by atoms with E-state index in [1.165, 1.54) is 0 Å². The molecule has 0 radical (unpaired) electrons. The highest BCUT2D eigenvalue weighted by atomic mass is 16.5. The molecular weight excluding hydrogens is 250 g/mol. The molecule has 3 heteroatoms. The molecule has 0 saturated carbocycles. The van der Waals surface area contributed by atoms with Crippen molar-refractivity contribution in [1.29, 1.82) is 0 Å². The number of ketones is 1. The fourth-order valence-electron chi connectivity index (χ4n) is 1.98. The van der Waals surface area contributed by atoms with Gasteiger partial charge in [0.2, 0.25) is 0 Å². The molecule has 0 bridgehead atoms. The largest absolute Gasteiger partial charge is 0.457 e. The van der Waals surface area contributed by atoms with E-state index in [-0.39, 0.29) is 11.7 Å². The lowest BCUT2D eigenvalue weighted by molar-refractivity contribution is 0.0925. The van der Waals surface area contributed by atoms with E-state index >= 15 is 0 Å². The summed E-state index contributed by atoms with van der Waals surface area (Å²) < 4.78 is 5.69. The van der Waals surface area contributed by atoms with E-state index in [9.17, 15) is 4.79 Å². The zero-order valence-corrected chi connectivity index (χ0v) is 11.6. The number of benzene rings is 2. The molecule has 2 aromatic carbocycles. The molecule has 0 fully saturated rings. The molecule has 0 aromatic heterocycles. The number of para-hydroxylation sites is 1. The van der Waals surface area contributed by atoms with Gasteiger partial charge in [0.25, 0.3) is 0 Å². The summed E-state index contributed by atoms with van der Waals surface area (Å²) in [5.74, 6) is 1.59. The number of ether oxygens (including phenoxy) is 1. The fraction of sp³-hybridized carbons (Fsp3) is 0.235. The molecule has 1 atom stereocenters. The summed E-state index contributed by atoms with van der Waals surface area (Å²) in [6, 6.07) is 16.8. The van der Waals surface area contributed by atoms with Crippen LogP contribution in [0.15, 0.2) is 54.6 Å². The first kappa shape index (κ1) is 14.3. The maximum Gasteiger partial charge on any atom is 0.165 e. The van der Waals surface area contributed by atoms with Crippen LogP contribution in [0.2, 0.25) is 0 Å². The van der Waals surface area contributed by atoms with E-state index in [1.54, 1.807) is 12.1 Å². The Morgan fingerprint density at radius 3 is 2.25 bits per heavy atom. The summed E-state index contributed by atoms with van der Waals surface area (Å²) in [4.78, 5) is 12.1. The summed E-state index contributed by atoms with van der Waals surface area (Å²) in [5.41, 5.74) is 6.18. The molecule has 0 spiro atoms. The van der Waals surface area contributed by atoms with Crippen molar-refractivity contribution in [1.82, 2.24) is 0 Å². The molecule has 2 aromatic rings. The van der Waals surface area contributed by atoms with Gasteiger partial charge < -0.3 is 10.5 Å². The number of hydrogen-bond acceptors (Lipinski definition) is 3. The average Bonchev–Trinajstić information content (AvgIpc) is 2.48. The van der Waals surface area contributed by atoms with Crippen molar-refractivity contribution >= 4 is 5.78 Å². The summed E-state index contributed by atoms with van der Waals surface area (Å²) in [6.45, 7) is 2.44. The molecule has 0 aliphatic heterocycles. The molecule has 2 rings (SSSR count). The van der Waals surface area contributed by atoms with Gasteiger partial charge in [-0.15, -0.1) is 0 Å². The first-order chi connectivity index (χ1) is 9.70. The number of rotatable bonds is 6. The average molecular weight is 269 g/mol. The van der Waals surface area contributed by atoms with Crippen LogP contribution in [0.5, 0.6) is 11.5 Å². The van der Waals surface area contributed by atoms with E-state index in [0.717, 1.165) is 11.5 Å². The zero-order valence-electron chi connectivity index (χ0n) is 11.6. The minimum atomic E-state index is -0.0408. The zero-order chi connectivity index (χ0) is 14.4. The quantitative estimate of drug-likeness (QED) is 0.814. The summed E-state index contributed by atoms with van der Waals surface area (Å²) in [6.07, 6.45) is 0.709. The number of hydrogen-bond donors (Lipinski definition) is 1. The van der Waals surface area contributed by atoms with Gasteiger partial charge in [-0.1, -0.05) is 25.1 Å². The molecule has 104 valence electrons. The SMILES string of the molecule is CC(CCN)C(=O)c1ccc(Oc2ccccc2)cc1. The molecule has 0 aliphatic rings. The predicted octanol–water partition coefficient (Wildman–Crippen LogP) is 3.65. The molecule has 0 amide bonds. The van der Waals surface area contributed by atoms with Gasteiger partial charge >= 0.3 is 0 Å². The van der Waals surface area contributed by atoms with Crippen LogP contribution in [-0.4, -0.2) is 12.3 Å². The number of nitrogens with two attached hydrogens (primary N) is 1. The Balaban J connectivity index is 2.05. The smallest absolute Gasteiger partial charge is 0.165 e. The van der Waals surface area contributed by atoms with Crippen LogP contribution in [0.1, 0.15) is 23.7 Å². The maximum absolute atomic E-state index is 12.1. The second-order valence-corrected chi connectivity index (χ2v) is 4.78. The van der Waals surface area contributed by atoms with E-state index < -0.39 is 0 Å². The highest BCUT2D eigenvalue weighted by molar-refractivity contribution is 5.97. The van der Waals surface area contributed by atoms with Crippen molar-refractivity contribution in [2.24, 2.45) is 11.7 Å². The minimum absolute atomic E-state index is 0.0408. The van der Waals surface area contributed by atoms with Crippen LogP contribution < -0.4 is 10.5 Å². The van der Waals surface area contributed by atoms with Gasteiger partial charge in [0.15, 0.2) is 5.78 Å². The second-order valence-electron chi connectivity index (χ2n) is 4.78. The molecule has 2 N–H and O–H groups in total. The summed E-state index contributed by atoms with van der Waals surface area (Å²) in [5, 5.41) is 0. The Morgan fingerprint density at radius 1 is 1.05 bits per heavy atom. The van der Waals surface area contributed by atoms with Crippen LogP contribution in [0.25, 0.3) is 0 Å². The van der Waals surface area contributed by atoms with Crippen LogP contribution in [-0.2, 0) is 0 Å². The molecular formula is C17H19NO2. The minimum Gasteiger partial charge on any atom is -0.457 e. The Bertz CT molecular complexity index is 549. The second kappa shape index (κ2) is 6.87. The number of Topliss-reactive ketones (excluding diaryl/α,β-unsaturated/α-hetero) is 1. The van der Waals surface area contributed by atoms with Crippen molar-refractivity contribution in [2.75, 3.05) is 6.54 Å². The Kier molecular flexibility index (Phi) is 4.91. The van der Waals surface area contributed by atoms with Gasteiger partial charge in [0, 0.05) is 11.5 Å². The standard InChI is InChI=1S/C17H19NO2/c1-13(11-12-18)17(19)14-7-9-16(10-8-14)20-15-5-3-2-4-6-15/h2-10,13H,11-12,18H2,1H3. The van der Waals surface area contributed by atoms with Crippen molar-refractivity contribution in [3.8, 4) is 11.5 Å². The van der Waals surface area contributed by atoms with Crippen LogP contribution in [0, 0.1) is 5.92 Å². The van der Waals surface area contributed by atoms with E-state index in [4.69, 9.17) is 10.5 Å². The van der Waals surface area contributed by atoms with Crippen LogP contribution >= 0.6 is 0 Å². The maximum atomic E-state index is 12.1. The lowest BCUT2D eigenvalue weighted by atomic mass is 9.96. The highest BCUT2D eigenvalue weighted by Gasteiger charge is 2.14. The fourth-order valence-corrected chi connectivity index (χ4v) is 1.98. The normalized spacial score (nSPS) is 11.9. The Morgan fingerprint density at radius 2 is 1.65 bits per heavy atom. The topological polar surface area (TPSA) is 52.3 Å². The predicted molar refractivity (Wildman–Crippen MR) is 80.1 cm³/mol. The van der Waals surface area contributed by atoms with Crippen molar-refractivity contribution in [3.63, 3.8) is 0 Å². The van der Waals surface area contributed by atoms with Gasteiger partial charge in [-0.2, -0.15) is 0 Å². The van der Waals surface area contributed by atoms with E-state index in [1.807, 2.05) is 49.4 Å². The third kappa shape index (κ3) is 3.68. The third-order valence-corrected chi connectivity index (χ3v) is 3.17. The highest BCUT2D eigenvalue weighted by Crippen LogP contribution is 2.22. The summed E-state index contributed by atoms with van der Waals surface area (Å²) in [7, 11) is 0. The molecule has 0 saturated heterocycles. The van der Waals surface area contributed by atoms with Gasteiger partial charge in [-0.05, 0) is 49.4 Å². The Labute approximate surface area is 119 Å². The number of carbonyl (C=O) groups excluding carboxylic acids is 1. The lowest BCUT2D eigenvalue weighted by Gasteiger charge is -2.10. The van der Waals surface area contributed by atoms with Gasteiger partial charge in [0.1, 0.15) is 11.5 Å². The first-order valence-electron chi connectivity index (χ1n) is 6.78. The van der Waals surface area contributed by atoms with Crippen molar-refractivity contribution in [2.45, 2.75) is 13.3 Å². The number of carbonyl (C=O) groups is 1. The van der Waals surface area contributed by atoms with Crippen LogP contribution in [0.4, 0.5) is 0 Å². The Hall–Kier alpha value is -2.13. The van der Waals surface area contributed by atoms with E-state index in [0.29, 0.717) is 18.5 Å². The molecule has 0 heterocycles.